The molecule has 0 amide bonds. The average Bonchev–Trinajstić information content (AvgIpc) is 3.04. The lowest BCUT2D eigenvalue weighted by Gasteiger charge is -2.31. The lowest BCUT2D eigenvalue weighted by molar-refractivity contribution is -0.924. The Morgan fingerprint density at radius 3 is 2.58 bits per heavy atom. The highest BCUT2D eigenvalue weighted by molar-refractivity contribution is 7.71. The van der Waals surface area contributed by atoms with Crippen LogP contribution in [0.5, 0.6) is 0 Å². The molecule has 0 atom stereocenters. The summed E-state index contributed by atoms with van der Waals surface area (Å²) in [6, 6.07) is 8.19. The van der Waals surface area contributed by atoms with Crippen LogP contribution < -0.4 is 9.80 Å². The molecule has 0 bridgehead atoms. The van der Waals surface area contributed by atoms with Crippen LogP contribution in [0.1, 0.15) is 0 Å². The van der Waals surface area contributed by atoms with Crippen molar-refractivity contribution in [2.45, 2.75) is 6.67 Å². The van der Waals surface area contributed by atoms with Gasteiger partial charge in [-0.05, 0) is 30.4 Å². The fourth-order valence-corrected chi connectivity index (χ4v) is 3.18. The van der Waals surface area contributed by atoms with Gasteiger partial charge in [-0.3, -0.25) is 0 Å². The van der Waals surface area contributed by atoms with Crippen molar-refractivity contribution in [3.63, 3.8) is 0 Å². The minimum atomic E-state index is -0.375. The minimum Gasteiger partial charge on any atom is -0.409 e. The minimum absolute atomic E-state index is 0.212. The molecule has 26 heavy (non-hydrogen) atoms. The molecule has 0 aliphatic carbocycles. The maximum absolute atomic E-state index is 13.9. The fraction of sp³-hybridized carbons (Fsp3) is 0.294. The monoisotopic (exact) mass is 373 g/mol. The van der Waals surface area contributed by atoms with E-state index in [1.54, 1.807) is 35.3 Å². The molecular formula is C17H18FN6OS+. The van der Waals surface area contributed by atoms with E-state index in [1.807, 2.05) is 6.07 Å². The van der Waals surface area contributed by atoms with Crippen LogP contribution in [0.4, 0.5) is 10.3 Å². The third kappa shape index (κ3) is 3.49. The third-order valence-corrected chi connectivity index (χ3v) is 4.68. The largest absolute Gasteiger partial charge is 0.409 e. The van der Waals surface area contributed by atoms with E-state index in [4.69, 9.17) is 16.6 Å². The summed E-state index contributed by atoms with van der Waals surface area (Å²) in [5.41, 5.74) is 0.318. The van der Waals surface area contributed by atoms with Crippen LogP contribution in [-0.4, -0.2) is 45.9 Å². The summed E-state index contributed by atoms with van der Waals surface area (Å²) >= 11 is 5.25. The normalized spacial score (nSPS) is 15.3. The van der Waals surface area contributed by atoms with Crippen molar-refractivity contribution in [3.05, 3.63) is 53.4 Å². The number of nitrogens with one attached hydrogen (secondary N) is 1. The Bertz CT molecular complexity index is 936. The first-order chi connectivity index (χ1) is 12.7. The average molecular weight is 373 g/mol. The highest BCUT2D eigenvalue weighted by Crippen LogP contribution is 2.20. The van der Waals surface area contributed by atoms with E-state index >= 15 is 0 Å². The van der Waals surface area contributed by atoms with Crippen molar-refractivity contribution in [1.82, 2.24) is 19.7 Å². The van der Waals surface area contributed by atoms with Crippen molar-refractivity contribution in [1.29, 1.82) is 0 Å². The fourth-order valence-electron chi connectivity index (χ4n) is 3.00. The maximum atomic E-state index is 13.9. The van der Waals surface area contributed by atoms with Gasteiger partial charge in [-0.15, -0.1) is 5.10 Å². The van der Waals surface area contributed by atoms with Gasteiger partial charge in [0.1, 0.15) is 5.82 Å². The Morgan fingerprint density at radius 2 is 1.85 bits per heavy atom. The second-order valence-corrected chi connectivity index (χ2v) is 6.45. The van der Waals surface area contributed by atoms with E-state index in [9.17, 15) is 4.39 Å². The van der Waals surface area contributed by atoms with Gasteiger partial charge in [-0.1, -0.05) is 12.1 Å². The van der Waals surface area contributed by atoms with Gasteiger partial charge >= 0.3 is 0 Å². The number of hydrogen-bond donors (Lipinski definition) is 1. The Morgan fingerprint density at radius 1 is 1.12 bits per heavy atom. The molecule has 1 N–H and O–H groups in total. The van der Waals surface area contributed by atoms with Crippen LogP contribution in [0.3, 0.4) is 0 Å². The quantitative estimate of drug-likeness (QED) is 0.693. The molecule has 4 rings (SSSR count). The highest BCUT2D eigenvalue weighted by atomic mass is 32.1. The van der Waals surface area contributed by atoms with E-state index in [0.29, 0.717) is 12.2 Å². The number of anilines is 1. The summed E-state index contributed by atoms with van der Waals surface area (Å²) in [5.74, 6) is 0.593. The van der Waals surface area contributed by atoms with Gasteiger partial charge in [0.05, 0.1) is 31.7 Å². The van der Waals surface area contributed by atoms with Crippen LogP contribution in [0.2, 0.25) is 0 Å². The highest BCUT2D eigenvalue weighted by Gasteiger charge is 2.23. The molecule has 134 valence electrons. The van der Waals surface area contributed by atoms with Crippen molar-refractivity contribution in [2.75, 3.05) is 31.1 Å². The lowest BCUT2D eigenvalue weighted by Crippen LogP contribution is -3.14. The molecule has 0 spiro atoms. The molecule has 0 saturated carbocycles. The van der Waals surface area contributed by atoms with Crippen molar-refractivity contribution in [3.8, 4) is 11.5 Å². The molecule has 9 heteroatoms. The predicted molar refractivity (Wildman–Crippen MR) is 95.7 cm³/mol. The number of piperazine rings is 1. The molecule has 0 unspecified atom stereocenters. The van der Waals surface area contributed by atoms with Gasteiger partial charge < -0.3 is 14.2 Å². The van der Waals surface area contributed by atoms with Crippen LogP contribution in [0.25, 0.3) is 11.5 Å². The summed E-state index contributed by atoms with van der Waals surface area (Å²) in [6.07, 6.45) is 3.50. The first-order valence-corrected chi connectivity index (χ1v) is 8.80. The van der Waals surface area contributed by atoms with E-state index < -0.39 is 0 Å². The van der Waals surface area contributed by atoms with E-state index in [-0.39, 0.29) is 16.5 Å². The number of quaternary nitrogens is 1. The molecule has 1 fully saturated rings. The van der Waals surface area contributed by atoms with Gasteiger partial charge in [0.2, 0.25) is 11.8 Å². The molecule has 1 aromatic carbocycles. The zero-order valence-electron chi connectivity index (χ0n) is 14.0. The first-order valence-electron chi connectivity index (χ1n) is 8.39. The molecule has 1 aliphatic rings. The van der Waals surface area contributed by atoms with Crippen LogP contribution in [-0.2, 0) is 6.67 Å². The Labute approximate surface area is 154 Å². The number of aromatic nitrogens is 4. The van der Waals surface area contributed by atoms with Gasteiger partial charge in [0.15, 0.2) is 6.67 Å². The molecular weight excluding hydrogens is 355 g/mol. The van der Waals surface area contributed by atoms with Gasteiger partial charge in [-0.2, -0.15) is 4.68 Å². The van der Waals surface area contributed by atoms with Gasteiger partial charge in [0, 0.05) is 12.4 Å². The van der Waals surface area contributed by atoms with Crippen LogP contribution >= 0.6 is 12.2 Å². The summed E-state index contributed by atoms with van der Waals surface area (Å²) in [5, 5.41) is 4.36. The van der Waals surface area contributed by atoms with E-state index in [2.05, 4.69) is 20.0 Å². The topological polar surface area (TPSA) is 64.4 Å². The third-order valence-electron chi connectivity index (χ3n) is 4.39. The van der Waals surface area contributed by atoms with Crippen LogP contribution in [0, 0.1) is 10.7 Å². The molecule has 1 aliphatic heterocycles. The van der Waals surface area contributed by atoms with Crippen LogP contribution in [0.15, 0.2) is 47.1 Å². The van der Waals surface area contributed by atoms with Gasteiger partial charge in [0.25, 0.3) is 4.84 Å². The zero-order chi connectivity index (χ0) is 17.9. The van der Waals surface area contributed by atoms with Gasteiger partial charge in [-0.25, -0.2) is 14.4 Å². The van der Waals surface area contributed by atoms with E-state index in [1.165, 1.54) is 11.0 Å². The number of benzene rings is 1. The summed E-state index contributed by atoms with van der Waals surface area (Å²) < 4.78 is 21.0. The summed E-state index contributed by atoms with van der Waals surface area (Å²) in [4.78, 5) is 12.3. The second-order valence-electron chi connectivity index (χ2n) is 6.10. The standard InChI is InChI=1S/C17H17FN6OS/c18-14-5-2-1-4-13(14)15-21-24(17(26)25-15)12-22-8-10-23(11-9-22)16-19-6-3-7-20-16/h1-7H,8-12H2/p+1. The molecule has 3 aromatic rings. The maximum Gasteiger partial charge on any atom is 0.292 e. The zero-order valence-corrected chi connectivity index (χ0v) is 14.8. The smallest absolute Gasteiger partial charge is 0.292 e. The number of hydrogen-bond acceptors (Lipinski definition) is 6. The number of halogens is 1. The predicted octanol–water partition coefficient (Wildman–Crippen LogP) is 1.16. The molecule has 3 heterocycles. The second kappa shape index (κ2) is 7.30. The number of rotatable bonds is 4. The summed E-state index contributed by atoms with van der Waals surface area (Å²) in [6.45, 7) is 4.10. The Kier molecular flexibility index (Phi) is 4.72. The number of nitrogens with zero attached hydrogens (tertiary/aromatic N) is 5. The Balaban J connectivity index is 1.43. The van der Waals surface area contributed by atoms with E-state index in [0.717, 1.165) is 32.1 Å². The van der Waals surface area contributed by atoms with Crippen molar-refractivity contribution >= 4 is 18.2 Å². The van der Waals surface area contributed by atoms with Crippen molar-refractivity contribution < 1.29 is 13.7 Å². The molecule has 2 aromatic heterocycles. The van der Waals surface area contributed by atoms with Crippen molar-refractivity contribution in [2.24, 2.45) is 0 Å². The SMILES string of the molecule is Fc1ccccc1-c1nn(C[NH+]2CCN(c3ncccn3)CC2)c(=S)o1. The molecule has 0 radical (unpaired) electrons. The summed E-state index contributed by atoms with van der Waals surface area (Å²) in [7, 11) is 0. The molecule has 1 saturated heterocycles. The lowest BCUT2D eigenvalue weighted by atomic mass is 10.2. The Hall–Kier alpha value is -2.65. The molecule has 7 nitrogen and oxygen atoms in total. The first kappa shape index (κ1) is 16.8.